The van der Waals surface area contributed by atoms with Crippen LogP contribution in [0.3, 0.4) is 0 Å². The normalized spacial score (nSPS) is 25.8. The van der Waals surface area contributed by atoms with Crippen molar-refractivity contribution >= 4 is 5.91 Å². The first kappa shape index (κ1) is 20.8. The molecule has 0 saturated carbocycles. The molecule has 1 aromatic heterocycles. The van der Waals surface area contributed by atoms with Crippen LogP contribution in [-0.4, -0.2) is 88.8 Å². The van der Waals surface area contributed by atoms with Crippen molar-refractivity contribution in [1.29, 1.82) is 0 Å². The first-order valence-corrected chi connectivity index (χ1v) is 11.3. The second kappa shape index (κ2) is 9.53. The zero-order valence-corrected chi connectivity index (χ0v) is 17.9. The SMILES string of the molecule is CC(C)Cc1nc(CN2CCN([C@H]3CCCN(C4CCOCC4)C3=O)CC2)no1. The highest BCUT2D eigenvalue weighted by molar-refractivity contribution is 5.83. The topological polar surface area (TPSA) is 74.9 Å². The van der Waals surface area contributed by atoms with Gasteiger partial charge >= 0.3 is 0 Å². The van der Waals surface area contributed by atoms with E-state index in [1.165, 1.54) is 0 Å². The standard InChI is InChI=1S/C21H35N5O3/c1-16(2)14-20-22-19(23-29-20)15-24-8-10-25(11-9-24)18-4-3-7-26(21(18)27)17-5-12-28-13-6-17/h16-18H,3-15H2,1-2H3/t18-/m0/s1. The number of carbonyl (C=O) groups is 1. The number of ether oxygens (including phenoxy) is 1. The van der Waals surface area contributed by atoms with Crippen molar-refractivity contribution in [1.82, 2.24) is 24.8 Å². The van der Waals surface area contributed by atoms with Gasteiger partial charge in [0.25, 0.3) is 0 Å². The molecule has 0 N–H and O–H groups in total. The molecule has 162 valence electrons. The molecular formula is C21H35N5O3. The first-order valence-electron chi connectivity index (χ1n) is 11.3. The van der Waals surface area contributed by atoms with E-state index >= 15 is 0 Å². The van der Waals surface area contributed by atoms with Crippen molar-refractivity contribution in [2.75, 3.05) is 45.9 Å². The van der Waals surface area contributed by atoms with Crippen LogP contribution in [0.15, 0.2) is 4.52 Å². The highest BCUT2D eigenvalue weighted by atomic mass is 16.5. The van der Waals surface area contributed by atoms with Gasteiger partial charge in [0, 0.05) is 58.4 Å². The summed E-state index contributed by atoms with van der Waals surface area (Å²) in [6.45, 7) is 11.2. The van der Waals surface area contributed by atoms with Crippen molar-refractivity contribution in [2.45, 2.75) is 64.6 Å². The number of aromatic nitrogens is 2. The Kier molecular flexibility index (Phi) is 6.82. The third kappa shape index (κ3) is 5.16. The van der Waals surface area contributed by atoms with Gasteiger partial charge in [0.05, 0.1) is 12.6 Å². The number of hydrogen-bond donors (Lipinski definition) is 0. The molecule has 3 aliphatic rings. The van der Waals surface area contributed by atoms with Crippen LogP contribution in [0.4, 0.5) is 0 Å². The highest BCUT2D eigenvalue weighted by Gasteiger charge is 2.37. The van der Waals surface area contributed by atoms with Crippen molar-refractivity contribution in [2.24, 2.45) is 5.92 Å². The quantitative estimate of drug-likeness (QED) is 0.711. The third-order valence-corrected chi connectivity index (χ3v) is 6.38. The van der Waals surface area contributed by atoms with Gasteiger partial charge in [0.1, 0.15) is 0 Å². The van der Waals surface area contributed by atoms with E-state index < -0.39 is 0 Å². The molecule has 0 unspecified atom stereocenters. The van der Waals surface area contributed by atoms with Gasteiger partial charge in [-0.2, -0.15) is 4.98 Å². The molecule has 4 heterocycles. The van der Waals surface area contributed by atoms with Crippen molar-refractivity contribution in [3.63, 3.8) is 0 Å². The first-order chi connectivity index (χ1) is 14.1. The van der Waals surface area contributed by atoms with Crippen LogP contribution in [0, 0.1) is 5.92 Å². The fourth-order valence-corrected chi connectivity index (χ4v) is 4.80. The Balaban J connectivity index is 1.27. The molecular weight excluding hydrogens is 370 g/mol. The van der Waals surface area contributed by atoms with Crippen molar-refractivity contribution in [3.05, 3.63) is 11.7 Å². The van der Waals surface area contributed by atoms with Gasteiger partial charge in [-0.3, -0.25) is 14.6 Å². The molecule has 0 bridgehead atoms. The van der Waals surface area contributed by atoms with Gasteiger partial charge in [-0.1, -0.05) is 19.0 Å². The number of likely N-dealkylation sites (tertiary alicyclic amines) is 1. The van der Waals surface area contributed by atoms with Crippen LogP contribution in [-0.2, 0) is 22.5 Å². The zero-order chi connectivity index (χ0) is 20.2. The van der Waals surface area contributed by atoms with Crippen LogP contribution < -0.4 is 0 Å². The Labute approximate surface area is 173 Å². The minimum Gasteiger partial charge on any atom is -0.381 e. The van der Waals surface area contributed by atoms with Crippen LogP contribution in [0.5, 0.6) is 0 Å². The maximum absolute atomic E-state index is 13.2. The van der Waals surface area contributed by atoms with Crippen LogP contribution >= 0.6 is 0 Å². The molecule has 1 amide bonds. The average Bonchev–Trinajstić information content (AvgIpc) is 3.15. The number of amides is 1. The Morgan fingerprint density at radius 3 is 2.55 bits per heavy atom. The lowest BCUT2D eigenvalue weighted by Crippen LogP contribution is -2.59. The van der Waals surface area contributed by atoms with E-state index in [9.17, 15) is 4.79 Å². The van der Waals surface area contributed by atoms with Gasteiger partial charge in [-0.05, 0) is 31.6 Å². The highest BCUT2D eigenvalue weighted by Crippen LogP contribution is 2.24. The molecule has 3 saturated heterocycles. The largest absolute Gasteiger partial charge is 0.381 e. The summed E-state index contributed by atoms with van der Waals surface area (Å²) in [4.78, 5) is 24.6. The Hall–Kier alpha value is -1.51. The van der Waals surface area contributed by atoms with E-state index in [0.29, 0.717) is 17.9 Å². The summed E-state index contributed by atoms with van der Waals surface area (Å²) in [5.41, 5.74) is 0. The summed E-state index contributed by atoms with van der Waals surface area (Å²) < 4.78 is 10.8. The smallest absolute Gasteiger partial charge is 0.240 e. The maximum Gasteiger partial charge on any atom is 0.240 e. The zero-order valence-electron chi connectivity index (χ0n) is 17.9. The van der Waals surface area contributed by atoms with Gasteiger partial charge < -0.3 is 14.2 Å². The summed E-state index contributed by atoms with van der Waals surface area (Å²) in [5, 5.41) is 4.13. The molecule has 0 radical (unpaired) electrons. The third-order valence-electron chi connectivity index (χ3n) is 6.38. The summed E-state index contributed by atoms with van der Waals surface area (Å²) in [6, 6.07) is 0.426. The number of piperidine rings is 1. The number of hydrogen-bond acceptors (Lipinski definition) is 7. The molecule has 29 heavy (non-hydrogen) atoms. The minimum absolute atomic E-state index is 0.0524. The average molecular weight is 406 g/mol. The van der Waals surface area contributed by atoms with Crippen molar-refractivity contribution < 1.29 is 14.1 Å². The molecule has 4 rings (SSSR count). The summed E-state index contributed by atoms with van der Waals surface area (Å²) in [5.74, 6) is 2.36. The lowest BCUT2D eigenvalue weighted by atomic mass is 9.97. The number of carbonyl (C=O) groups excluding carboxylic acids is 1. The van der Waals surface area contributed by atoms with Crippen LogP contribution in [0.1, 0.15) is 51.2 Å². The monoisotopic (exact) mass is 405 g/mol. The Bertz CT molecular complexity index is 665. The summed E-state index contributed by atoms with van der Waals surface area (Å²) in [6.07, 6.45) is 4.89. The van der Waals surface area contributed by atoms with E-state index in [-0.39, 0.29) is 6.04 Å². The molecule has 1 aromatic rings. The molecule has 1 atom stereocenters. The fraction of sp³-hybridized carbons (Fsp3) is 0.857. The lowest BCUT2D eigenvalue weighted by Gasteiger charge is -2.45. The van der Waals surface area contributed by atoms with Gasteiger partial charge in [0.2, 0.25) is 11.8 Å². The van der Waals surface area contributed by atoms with E-state index in [2.05, 4.69) is 38.7 Å². The second-order valence-electron chi connectivity index (χ2n) is 9.05. The summed E-state index contributed by atoms with van der Waals surface area (Å²) in [7, 11) is 0. The molecule has 8 heteroatoms. The summed E-state index contributed by atoms with van der Waals surface area (Å²) >= 11 is 0. The van der Waals surface area contributed by atoms with Gasteiger partial charge in [-0.15, -0.1) is 0 Å². The predicted octanol–water partition coefficient (Wildman–Crippen LogP) is 1.56. The molecule has 3 fully saturated rings. The molecule has 8 nitrogen and oxygen atoms in total. The molecule has 0 aliphatic carbocycles. The number of piperazine rings is 1. The van der Waals surface area contributed by atoms with E-state index in [1.54, 1.807) is 0 Å². The van der Waals surface area contributed by atoms with Crippen molar-refractivity contribution in [3.8, 4) is 0 Å². The van der Waals surface area contributed by atoms with E-state index in [4.69, 9.17) is 9.26 Å². The molecule has 0 spiro atoms. The van der Waals surface area contributed by atoms with Crippen LogP contribution in [0.25, 0.3) is 0 Å². The van der Waals surface area contributed by atoms with Gasteiger partial charge in [-0.25, -0.2) is 0 Å². The fourth-order valence-electron chi connectivity index (χ4n) is 4.80. The van der Waals surface area contributed by atoms with Crippen LogP contribution in [0.2, 0.25) is 0 Å². The molecule has 3 aliphatic heterocycles. The lowest BCUT2D eigenvalue weighted by molar-refractivity contribution is -0.145. The Morgan fingerprint density at radius 2 is 1.83 bits per heavy atom. The molecule has 0 aromatic carbocycles. The van der Waals surface area contributed by atoms with E-state index in [1.807, 2.05) is 0 Å². The predicted molar refractivity (Wildman–Crippen MR) is 108 cm³/mol. The Morgan fingerprint density at radius 1 is 1.07 bits per heavy atom. The minimum atomic E-state index is 0.0524. The van der Waals surface area contributed by atoms with Gasteiger partial charge in [0.15, 0.2) is 5.82 Å². The number of nitrogens with zero attached hydrogens (tertiary/aromatic N) is 5. The maximum atomic E-state index is 13.2. The number of rotatable bonds is 6. The second-order valence-corrected chi connectivity index (χ2v) is 9.05. The van der Waals surface area contributed by atoms with E-state index in [0.717, 1.165) is 96.3 Å².